The normalized spacial score (nSPS) is 21.0. The number of hydrogen-bond acceptors (Lipinski definition) is 7. The Balaban J connectivity index is 1.33. The number of benzene rings is 3. The zero-order valence-corrected chi connectivity index (χ0v) is 18.5. The molecule has 3 atom stereocenters. The largest absolute Gasteiger partial charge is 0.454 e. The van der Waals surface area contributed by atoms with Crippen LogP contribution in [0.25, 0.3) is 0 Å². The van der Waals surface area contributed by atoms with E-state index >= 15 is 0 Å². The Bertz CT molecular complexity index is 1120. The van der Waals surface area contributed by atoms with Crippen LogP contribution in [0, 0.1) is 10.1 Å². The van der Waals surface area contributed by atoms with Crippen LogP contribution in [0.1, 0.15) is 29.2 Å². The minimum absolute atomic E-state index is 0.0419. The van der Waals surface area contributed by atoms with Crippen LogP contribution in [0.5, 0.6) is 11.5 Å². The molecule has 2 aliphatic heterocycles. The minimum Gasteiger partial charge on any atom is -0.454 e. The molecule has 8 heteroatoms. The van der Waals surface area contributed by atoms with Gasteiger partial charge >= 0.3 is 0 Å². The van der Waals surface area contributed by atoms with Gasteiger partial charge in [-0.15, -0.1) is 0 Å². The molecule has 3 aromatic carbocycles. The summed E-state index contributed by atoms with van der Waals surface area (Å²) in [4.78, 5) is 11.4. The predicted octanol–water partition coefficient (Wildman–Crippen LogP) is 4.96. The second-order valence-electron chi connectivity index (χ2n) is 8.26. The molecule has 3 aromatic rings. The van der Waals surface area contributed by atoms with E-state index in [-0.39, 0.29) is 24.7 Å². The highest BCUT2D eigenvalue weighted by atomic mass is 16.7. The Kier molecular flexibility index (Phi) is 6.71. The molecule has 2 heterocycles. The van der Waals surface area contributed by atoms with Crippen molar-refractivity contribution in [2.24, 2.45) is 0 Å². The first-order chi connectivity index (χ1) is 16.7. The number of hydrogen-bond donors (Lipinski definition) is 0. The molecule has 1 saturated heterocycles. The van der Waals surface area contributed by atoms with E-state index in [0.717, 1.165) is 11.1 Å². The maximum atomic E-state index is 11.8. The number of ether oxygens (including phenoxy) is 5. The van der Waals surface area contributed by atoms with Gasteiger partial charge in [-0.1, -0.05) is 60.7 Å². The number of nitrogens with zero attached hydrogens (tertiary/aromatic N) is 1. The molecule has 0 spiro atoms. The molecule has 1 unspecified atom stereocenters. The van der Waals surface area contributed by atoms with Gasteiger partial charge in [-0.05, 0) is 17.2 Å². The van der Waals surface area contributed by atoms with Gasteiger partial charge in [0.2, 0.25) is 6.79 Å². The maximum Gasteiger partial charge on any atom is 0.279 e. The zero-order valence-electron chi connectivity index (χ0n) is 18.5. The van der Waals surface area contributed by atoms with Crippen molar-refractivity contribution in [2.45, 2.75) is 37.9 Å². The van der Waals surface area contributed by atoms with Gasteiger partial charge in [0.05, 0.1) is 48.6 Å². The summed E-state index contributed by atoms with van der Waals surface area (Å²) in [7, 11) is 0. The second-order valence-corrected chi connectivity index (χ2v) is 8.26. The third-order valence-electron chi connectivity index (χ3n) is 5.97. The van der Waals surface area contributed by atoms with Crippen molar-refractivity contribution >= 4 is 5.69 Å². The SMILES string of the molecule is O=[N+]([O-])c1cc2c(cc1[C@H]1C[C@@H](OCc3ccccc3)C(COCc3ccccc3)O1)OCO2. The van der Waals surface area contributed by atoms with E-state index in [1.165, 1.54) is 6.07 Å². The van der Waals surface area contributed by atoms with Crippen molar-refractivity contribution in [1.29, 1.82) is 0 Å². The molecule has 0 N–H and O–H groups in total. The lowest BCUT2D eigenvalue weighted by Gasteiger charge is -2.19. The van der Waals surface area contributed by atoms with Crippen LogP contribution in [-0.2, 0) is 27.4 Å². The van der Waals surface area contributed by atoms with E-state index in [9.17, 15) is 10.1 Å². The highest BCUT2D eigenvalue weighted by Gasteiger charge is 2.40. The molecule has 176 valence electrons. The van der Waals surface area contributed by atoms with Crippen molar-refractivity contribution in [3.63, 3.8) is 0 Å². The molecule has 0 aliphatic carbocycles. The Hall–Kier alpha value is -3.46. The molecule has 8 nitrogen and oxygen atoms in total. The fourth-order valence-electron chi connectivity index (χ4n) is 4.25. The van der Waals surface area contributed by atoms with Gasteiger partial charge < -0.3 is 23.7 Å². The molecule has 2 aliphatic rings. The maximum absolute atomic E-state index is 11.8. The van der Waals surface area contributed by atoms with E-state index < -0.39 is 11.0 Å². The summed E-state index contributed by atoms with van der Waals surface area (Å²) in [5.41, 5.74) is 2.50. The van der Waals surface area contributed by atoms with Gasteiger partial charge in [0.1, 0.15) is 6.10 Å². The molecule has 0 saturated carbocycles. The second kappa shape index (κ2) is 10.2. The fourth-order valence-corrected chi connectivity index (χ4v) is 4.25. The third kappa shape index (κ3) is 5.04. The summed E-state index contributed by atoms with van der Waals surface area (Å²) >= 11 is 0. The number of rotatable bonds is 9. The number of fused-ring (bicyclic) bond motifs is 1. The highest BCUT2D eigenvalue weighted by Crippen LogP contribution is 2.45. The minimum atomic E-state index is -0.527. The molecule has 0 radical (unpaired) electrons. The number of nitro groups is 1. The van der Waals surface area contributed by atoms with Crippen LogP contribution in [0.2, 0.25) is 0 Å². The summed E-state index contributed by atoms with van der Waals surface area (Å²) in [6, 6.07) is 22.8. The van der Waals surface area contributed by atoms with Crippen LogP contribution in [0.15, 0.2) is 72.8 Å². The first-order valence-electron chi connectivity index (χ1n) is 11.2. The van der Waals surface area contributed by atoms with E-state index in [1.807, 2.05) is 60.7 Å². The van der Waals surface area contributed by atoms with Crippen LogP contribution >= 0.6 is 0 Å². The summed E-state index contributed by atoms with van der Waals surface area (Å²) < 4.78 is 29.2. The predicted molar refractivity (Wildman–Crippen MR) is 123 cm³/mol. The van der Waals surface area contributed by atoms with Crippen LogP contribution in [0.4, 0.5) is 5.69 Å². The molecule has 1 fully saturated rings. The summed E-state index contributed by atoms with van der Waals surface area (Å²) in [6.07, 6.45) is -0.721. The van der Waals surface area contributed by atoms with Gasteiger partial charge in [-0.2, -0.15) is 0 Å². The monoisotopic (exact) mass is 463 g/mol. The van der Waals surface area contributed by atoms with E-state index in [0.29, 0.717) is 43.3 Å². The first kappa shape index (κ1) is 22.3. The number of nitro benzene ring substituents is 1. The van der Waals surface area contributed by atoms with Crippen LogP contribution < -0.4 is 9.47 Å². The lowest BCUT2D eigenvalue weighted by atomic mass is 10.0. The van der Waals surface area contributed by atoms with Crippen molar-refractivity contribution in [1.82, 2.24) is 0 Å². The Morgan fingerprint density at radius 3 is 2.24 bits per heavy atom. The van der Waals surface area contributed by atoms with Crippen LogP contribution in [0.3, 0.4) is 0 Å². The van der Waals surface area contributed by atoms with Crippen molar-refractivity contribution < 1.29 is 28.6 Å². The Morgan fingerprint density at radius 2 is 1.56 bits per heavy atom. The fraction of sp³-hybridized carbons (Fsp3) is 0.308. The standard InChI is InChI=1S/C26H25NO7/c28-27(29)21-12-24-23(32-17-33-24)11-20(21)22-13-25(31-15-19-9-5-2-6-10-19)26(34-22)16-30-14-18-7-3-1-4-8-18/h1-12,22,25-26H,13-17H2/t22-,25-,26?/m1/s1. The summed E-state index contributed by atoms with van der Waals surface area (Å²) in [5.74, 6) is 0.850. The average molecular weight is 463 g/mol. The average Bonchev–Trinajstić information content (AvgIpc) is 3.49. The molecule has 0 bridgehead atoms. The lowest BCUT2D eigenvalue weighted by molar-refractivity contribution is -0.386. The molecule has 5 rings (SSSR count). The lowest BCUT2D eigenvalue weighted by Crippen LogP contribution is -2.29. The quantitative estimate of drug-likeness (QED) is 0.327. The van der Waals surface area contributed by atoms with Crippen molar-refractivity contribution in [3.8, 4) is 11.5 Å². The Morgan fingerprint density at radius 1 is 0.912 bits per heavy atom. The van der Waals surface area contributed by atoms with E-state index in [2.05, 4.69) is 0 Å². The summed E-state index contributed by atoms with van der Waals surface area (Å²) in [6.45, 7) is 1.21. The highest BCUT2D eigenvalue weighted by molar-refractivity contribution is 5.56. The van der Waals surface area contributed by atoms with Gasteiger partial charge in [0.25, 0.3) is 5.69 Å². The zero-order chi connectivity index (χ0) is 23.3. The van der Waals surface area contributed by atoms with E-state index in [1.54, 1.807) is 6.07 Å². The van der Waals surface area contributed by atoms with Crippen molar-refractivity contribution in [2.75, 3.05) is 13.4 Å². The van der Waals surface area contributed by atoms with Crippen molar-refractivity contribution in [3.05, 3.63) is 99.6 Å². The molecule has 0 amide bonds. The van der Waals surface area contributed by atoms with Gasteiger partial charge in [-0.25, -0.2) is 0 Å². The molecule has 0 aromatic heterocycles. The molecular formula is C26H25NO7. The first-order valence-corrected chi connectivity index (χ1v) is 11.2. The van der Waals surface area contributed by atoms with Gasteiger partial charge in [-0.3, -0.25) is 10.1 Å². The Labute approximate surface area is 197 Å². The summed E-state index contributed by atoms with van der Waals surface area (Å²) in [5, 5.41) is 11.8. The molecular weight excluding hydrogens is 438 g/mol. The molecule has 34 heavy (non-hydrogen) atoms. The third-order valence-corrected chi connectivity index (χ3v) is 5.97. The van der Waals surface area contributed by atoms with Crippen LogP contribution in [-0.4, -0.2) is 30.5 Å². The topological polar surface area (TPSA) is 89.3 Å². The van der Waals surface area contributed by atoms with Gasteiger partial charge in [0, 0.05) is 6.42 Å². The van der Waals surface area contributed by atoms with E-state index in [4.69, 9.17) is 23.7 Å². The van der Waals surface area contributed by atoms with Gasteiger partial charge in [0.15, 0.2) is 11.5 Å². The smallest absolute Gasteiger partial charge is 0.279 e.